The van der Waals surface area contributed by atoms with Crippen LogP contribution in [0.15, 0.2) is 88.1 Å². The van der Waals surface area contributed by atoms with Crippen molar-refractivity contribution in [3.8, 4) is 28.8 Å². The lowest BCUT2D eigenvalue weighted by Crippen LogP contribution is -2.33. The molecule has 0 saturated carbocycles. The Kier molecular flexibility index (Phi) is 8.43. The van der Waals surface area contributed by atoms with Gasteiger partial charge in [0.2, 0.25) is 0 Å². The SMILES string of the molecule is CCOc1ccccc1NC(=O)C(C#N)=c1sc(=Cc2ccc(-c3ccc(Cl)cc3)o2)c(=O)n1-c1c(C)cccc1C. The van der Waals surface area contributed by atoms with E-state index >= 15 is 0 Å². The van der Waals surface area contributed by atoms with Crippen molar-refractivity contribution >= 4 is 46.2 Å². The molecule has 0 fully saturated rings. The molecule has 0 aliphatic carbocycles. The molecule has 0 aliphatic rings. The van der Waals surface area contributed by atoms with Gasteiger partial charge in [0.25, 0.3) is 11.5 Å². The van der Waals surface area contributed by atoms with Gasteiger partial charge in [0, 0.05) is 16.7 Å². The zero-order valence-corrected chi connectivity index (χ0v) is 24.7. The second-order valence-electron chi connectivity index (χ2n) is 9.38. The van der Waals surface area contributed by atoms with Gasteiger partial charge in [-0.25, -0.2) is 0 Å². The molecule has 0 aliphatic heterocycles. The normalized spacial score (nSPS) is 12.1. The Bertz CT molecular complexity index is 1990. The lowest BCUT2D eigenvalue weighted by atomic mass is 10.1. The number of thiazole rings is 1. The maximum absolute atomic E-state index is 14.0. The lowest BCUT2D eigenvalue weighted by Gasteiger charge is -2.12. The highest BCUT2D eigenvalue weighted by Gasteiger charge is 2.20. The van der Waals surface area contributed by atoms with Crippen LogP contribution in [0.4, 0.5) is 5.69 Å². The minimum absolute atomic E-state index is 0.202. The molecule has 2 heterocycles. The molecule has 42 heavy (non-hydrogen) atoms. The second-order valence-corrected chi connectivity index (χ2v) is 10.8. The molecule has 5 rings (SSSR count). The van der Waals surface area contributed by atoms with Gasteiger partial charge in [-0.3, -0.25) is 14.2 Å². The van der Waals surface area contributed by atoms with E-state index in [0.29, 0.717) is 44.8 Å². The van der Waals surface area contributed by atoms with E-state index < -0.39 is 5.91 Å². The standard InChI is InChI=1S/C33H26ClN3O4S/c1-4-40-28-11-6-5-10-26(28)36-31(38)25(19-35)33-37(30-20(2)8-7-9-21(30)3)32(39)29(42-33)18-24-16-17-27(41-24)22-12-14-23(34)15-13-22/h5-18H,4H2,1-3H3,(H,36,38). The van der Waals surface area contributed by atoms with Crippen molar-refractivity contribution in [1.29, 1.82) is 5.26 Å². The molecule has 0 radical (unpaired) electrons. The highest BCUT2D eigenvalue weighted by atomic mass is 35.5. The number of hydrogen-bond acceptors (Lipinski definition) is 6. The van der Waals surface area contributed by atoms with E-state index in [1.165, 1.54) is 4.57 Å². The highest BCUT2D eigenvalue weighted by Crippen LogP contribution is 2.25. The third kappa shape index (κ3) is 5.79. The summed E-state index contributed by atoms with van der Waals surface area (Å²) in [7, 11) is 0. The Morgan fingerprint density at radius 1 is 1.05 bits per heavy atom. The lowest BCUT2D eigenvalue weighted by molar-refractivity contribution is -0.111. The molecule has 3 aromatic carbocycles. The number of benzene rings is 3. The summed E-state index contributed by atoms with van der Waals surface area (Å²) in [5.74, 6) is 0.890. The van der Waals surface area contributed by atoms with Gasteiger partial charge < -0.3 is 14.5 Å². The van der Waals surface area contributed by atoms with Gasteiger partial charge in [-0.15, -0.1) is 11.3 Å². The van der Waals surface area contributed by atoms with Crippen molar-refractivity contribution in [1.82, 2.24) is 4.57 Å². The van der Waals surface area contributed by atoms with E-state index in [1.54, 1.807) is 48.5 Å². The first-order chi connectivity index (χ1) is 20.3. The summed E-state index contributed by atoms with van der Waals surface area (Å²) in [6.07, 6.45) is 1.62. The van der Waals surface area contributed by atoms with Gasteiger partial charge in [-0.1, -0.05) is 41.9 Å². The van der Waals surface area contributed by atoms with Gasteiger partial charge in [0.05, 0.1) is 22.5 Å². The number of para-hydroxylation sites is 3. The fourth-order valence-electron chi connectivity index (χ4n) is 4.57. The maximum atomic E-state index is 14.0. The Hall–Kier alpha value is -4.84. The molecule has 1 amide bonds. The molecule has 0 unspecified atom stereocenters. The Labute approximate surface area is 251 Å². The molecular formula is C33H26ClN3O4S. The van der Waals surface area contributed by atoms with Crippen LogP contribution in [0.25, 0.3) is 28.7 Å². The summed E-state index contributed by atoms with van der Waals surface area (Å²) in [6, 6.07) is 25.5. The van der Waals surface area contributed by atoms with E-state index in [4.69, 9.17) is 20.8 Å². The number of aromatic nitrogens is 1. The number of halogens is 1. The van der Waals surface area contributed by atoms with Crippen LogP contribution in [0.5, 0.6) is 5.75 Å². The first kappa shape index (κ1) is 28.7. The smallest absolute Gasteiger partial charge is 0.273 e. The van der Waals surface area contributed by atoms with Crippen molar-refractivity contribution < 1.29 is 13.9 Å². The number of furan rings is 1. The van der Waals surface area contributed by atoms with Crippen molar-refractivity contribution in [3.05, 3.63) is 120 Å². The fraction of sp³-hybridized carbons (Fsp3) is 0.121. The molecule has 0 saturated heterocycles. The van der Waals surface area contributed by atoms with Crippen LogP contribution >= 0.6 is 22.9 Å². The van der Waals surface area contributed by atoms with Crippen LogP contribution in [-0.2, 0) is 4.79 Å². The summed E-state index contributed by atoms with van der Waals surface area (Å²) in [6.45, 7) is 6.02. The first-order valence-electron chi connectivity index (χ1n) is 13.1. The Balaban J connectivity index is 1.70. The van der Waals surface area contributed by atoms with Crippen molar-refractivity contribution in [2.45, 2.75) is 20.8 Å². The molecule has 0 spiro atoms. The van der Waals surface area contributed by atoms with E-state index in [0.717, 1.165) is 28.0 Å². The molecule has 5 aromatic rings. The summed E-state index contributed by atoms with van der Waals surface area (Å²) in [5.41, 5.74) is 2.95. The number of nitrogens with one attached hydrogen (secondary N) is 1. The molecule has 2 aromatic heterocycles. The van der Waals surface area contributed by atoms with E-state index in [-0.39, 0.29) is 15.8 Å². The fourth-order valence-corrected chi connectivity index (χ4v) is 5.77. The van der Waals surface area contributed by atoms with Crippen LogP contribution in [0.1, 0.15) is 23.8 Å². The minimum Gasteiger partial charge on any atom is -0.492 e. The maximum Gasteiger partial charge on any atom is 0.273 e. The predicted molar refractivity (Wildman–Crippen MR) is 167 cm³/mol. The number of amides is 1. The molecule has 0 bridgehead atoms. The predicted octanol–water partition coefficient (Wildman–Crippen LogP) is 5.97. The van der Waals surface area contributed by atoms with Gasteiger partial charge in [0.1, 0.15) is 28.0 Å². The van der Waals surface area contributed by atoms with Gasteiger partial charge in [0.15, 0.2) is 5.57 Å². The van der Waals surface area contributed by atoms with E-state index in [9.17, 15) is 14.9 Å². The number of hydrogen-bond donors (Lipinski definition) is 1. The molecule has 210 valence electrons. The summed E-state index contributed by atoms with van der Waals surface area (Å²) in [4.78, 5) is 27.5. The van der Waals surface area contributed by atoms with Gasteiger partial charge in [-0.2, -0.15) is 5.26 Å². The molecule has 7 nitrogen and oxygen atoms in total. The number of carbonyl (C=O) groups is 1. The topological polar surface area (TPSA) is 97.3 Å². The number of ether oxygens (including phenoxy) is 1. The molecule has 9 heteroatoms. The van der Waals surface area contributed by atoms with Crippen LogP contribution < -0.4 is 24.8 Å². The minimum atomic E-state index is -0.652. The number of nitrogens with zero attached hydrogens (tertiary/aromatic N) is 2. The van der Waals surface area contributed by atoms with Crippen LogP contribution in [0.2, 0.25) is 5.02 Å². The number of carbonyl (C=O) groups excluding carboxylic acids is 1. The van der Waals surface area contributed by atoms with Crippen molar-refractivity contribution in [2.24, 2.45) is 0 Å². The van der Waals surface area contributed by atoms with Crippen LogP contribution in [0.3, 0.4) is 0 Å². The summed E-state index contributed by atoms with van der Waals surface area (Å²) in [5, 5.41) is 13.6. The quantitative estimate of drug-likeness (QED) is 0.250. The molecule has 0 atom stereocenters. The van der Waals surface area contributed by atoms with Gasteiger partial charge in [-0.05, 0) is 80.4 Å². The summed E-state index contributed by atoms with van der Waals surface area (Å²) < 4.78 is 13.6. The monoisotopic (exact) mass is 595 g/mol. The number of anilines is 1. The third-order valence-electron chi connectivity index (χ3n) is 6.50. The number of rotatable bonds is 7. The van der Waals surface area contributed by atoms with E-state index in [1.807, 2.05) is 63.2 Å². The molecule has 1 N–H and O–H groups in total. The van der Waals surface area contributed by atoms with Gasteiger partial charge >= 0.3 is 0 Å². The zero-order chi connectivity index (χ0) is 29.8. The Morgan fingerprint density at radius 2 is 1.76 bits per heavy atom. The first-order valence-corrected chi connectivity index (χ1v) is 14.3. The Morgan fingerprint density at radius 3 is 2.45 bits per heavy atom. The third-order valence-corrected chi connectivity index (χ3v) is 7.85. The number of nitriles is 1. The molecular weight excluding hydrogens is 570 g/mol. The van der Waals surface area contributed by atoms with Crippen LogP contribution in [0, 0.1) is 25.2 Å². The van der Waals surface area contributed by atoms with Crippen molar-refractivity contribution in [2.75, 3.05) is 11.9 Å². The largest absolute Gasteiger partial charge is 0.492 e. The van der Waals surface area contributed by atoms with Crippen molar-refractivity contribution in [3.63, 3.8) is 0 Å². The highest BCUT2D eigenvalue weighted by molar-refractivity contribution is 7.07. The summed E-state index contributed by atoms with van der Waals surface area (Å²) >= 11 is 7.07. The average Bonchev–Trinajstić information content (AvgIpc) is 3.56. The zero-order valence-electron chi connectivity index (χ0n) is 23.1. The number of aryl methyl sites for hydroxylation is 2. The average molecular weight is 596 g/mol. The van der Waals surface area contributed by atoms with Crippen LogP contribution in [-0.4, -0.2) is 17.1 Å². The second kappa shape index (κ2) is 12.4. The van der Waals surface area contributed by atoms with E-state index in [2.05, 4.69) is 5.32 Å².